The van der Waals surface area contributed by atoms with Gasteiger partial charge in [-0.1, -0.05) is 50.6 Å². The minimum Gasteiger partial charge on any atom is -0.396 e. The van der Waals surface area contributed by atoms with Crippen LogP contribution < -0.4 is 10.6 Å². The number of aliphatic hydroxyl groups is 1. The van der Waals surface area contributed by atoms with Crippen molar-refractivity contribution in [1.29, 1.82) is 0 Å². The minimum atomic E-state index is -0.618. The van der Waals surface area contributed by atoms with Gasteiger partial charge in [-0.15, -0.1) is 11.8 Å². The number of hydrogen-bond donors (Lipinski definition) is 3. The van der Waals surface area contributed by atoms with Gasteiger partial charge in [-0.25, -0.2) is 0 Å². The van der Waals surface area contributed by atoms with Crippen molar-refractivity contribution in [2.75, 3.05) is 13.2 Å². The molecule has 0 aliphatic carbocycles. The Balaban J connectivity index is 1.61. The zero-order valence-corrected chi connectivity index (χ0v) is 21.1. The molecule has 8 heteroatoms. The van der Waals surface area contributed by atoms with Crippen LogP contribution in [0.3, 0.4) is 0 Å². The van der Waals surface area contributed by atoms with Gasteiger partial charge in [-0.3, -0.25) is 14.4 Å². The Kier molecular flexibility index (Phi) is 7.57. The molecule has 1 aromatic rings. The minimum absolute atomic E-state index is 0.0200. The van der Waals surface area contributed by atoms with E-state index in [-0.39, 0.29) is 41.5 Å². The van der Waals surface area contributed by atoms with E-state index >= 15 is 0 Å². The summed E-state index contributed by atoms with van der Waals surface area (Å²) in [6.45, 7) is 6.89. The van der Waals surface area contributed by atoms with Gasteiger partial charge in [-0.05, 0) is 37.7 Å². The number of hydrogen-bond acceptors (Lipinski definition) is 5. The third-order valence-electron chi connectivity index (χ3n) is 7.77. The fraction of sp³-hybridized carbons (Fsp3) is 0.654. The summed E-state index contributed by atoms with van der Waals surface area (Å²) < 4.78 is -0.609. The topological polar surface area (TPSA) is 98.7 Å². The average Bonchev–Trinajstić information content (AvgIpc) is 3.40. The van der Waals surface area contributed by atoms with E-state index in [1.807, 2.05) is 37.3 Å². The Morgan fingerprint density at radius 3 is 2.68 bits per heavy atom. The van der Waals surface area contributed by atoms with Crippen molar-refractivity contribution in [3.05, 3.63) is 35.9 Å². The molecular weight excluding hydrogens is 450 g/mol. The molecule has 3 saturated heterocycles. The number of benzene rings is 1. The van der Waals surface area contributed by atoms with Crippen molar-refractivity contribution in [3.63, 3.8) is 0 Å². The lowest BCUT2D eigenvalue weighted by molar-refractivity contribution is -0.140. The molecule has 3 N–H and O–H groups in total. The van der Waals surface area contributed by atoms with Gasteiger partial charge in [-0.2, -0.15) is 0 Å². The molecule has 34 heavy (non-hydrogen) atoms. The number of carbonyl (C=O) groups is 3. The molecule has 3 fully saturated rings. The zero-order valence-electron chi connectivity index (χ0n) is 20.3. The van der Waals surface area contributed by atoms with Gasteiger partial charge in [0.2, 0.25) is 17.7 Å². The molecule has 0 radical (unpaired) electrons. The van der Waals surface area contributed by atoms with Crippen LogP contribution in [0.5, 0.6) is 0 Å². The summed E-state index contributed by atoms with van der Waals surface area (Å²) in [6, 6.07) is 9.15. The molecule has 3 heterocycles. The summed E-state index contributed by atoms with van der Waals surface area (Å²) in [5, 5.41) is 15.7. The number of nitrogens with one attached hydrogen (secondary N) is 2. The van der Waals surface area contributed by atoms with Crippen LogP contribution in [0.2, 0.25) is 0 Å². The van der Waals surface area contributed by atoms with Crippen molar-refractivity contribution < 1.29 is 19.5 Å². The van der Waals surface area contributed by atoms with Crippen LogP contribution in [0.25, 0.3) is 0 Å². The fourth-order valence-electron chi connectivity index (χ4n) is 6.33. The first-order chi connectivity index (χ1) is 16.3. The van der Waals surface area contributed by atoms with Gasteiger partial charge in [0.15, 0.2) is 0 Å². The summed E-state index contributed by atoms with van der Waals surface area (Å²) in [7, 11) is 0. The highest BCUT2D eigenvalue weighted by Gasteiger charge is 2.75. The predicted octanol–water partition coefficient (Wildman–Crippen LogP) is 2.33. The number of likely N-dealkylation sites (tertiary alicyclic amines) is 1. The summed E-state index contributed by atoms with van der Waals surface area (Å²) in [5.41, 5.74) is 1.01. The maximum Gasteiger partial charge on any atom is 0.244 e. The Bertz CT molecular complexity index is 913. The summed E-state index contributed by atoms with van der Waals surface area (Å²) >= 11 is 1.69. The van der Waals surface area contributed by atoms with Crippen LogP contribution in [-0.2, 0) is 20.9 Å². The average molecular weight is 488 g/mol. The number of nitrogens with zero attached hydrogens (tertiary/aromatic N) is 1. The van der Waals surface area contributed by atoms with E-state index in [2.05, 4.69) is 24.5 Å². The number of aliphatic hydroxyl groups excluding tert-OH is 1. The Hall–Kier alpha value is -2.06. The second-order valence-corrected chi connectivity index (χ2v) is 11.6. The molecule has 4 unspecified atom stereocenters. The highest BCUT2D eigenvalue weighted by Crippen LogP contribution is 2.68. The maximum absolute atomic E-state index is 13.8. The first kappa shape index (κ1) is 25.0. The second-order valence-electron chi connectivity index (χ2n) is 10.1. The summed E-state index contributed by atoms with van der Waals surface area (Å²) in [6.07, 6.45) is 3.06. The lowest BCUT2D eigenvalue weighted by Crippen LogP contribution is -2.57. The van der Waals surface area contributed by atoms with Crippen LogP contribution in [0.1, 0.15) is 52.0 Å². The molecule has 7 atom stereocenters. The second kappa shape index (κ2) is 10.3. The maximum atomic E-state index is 13.8. The van der Waals surface area contributed by atoms with Gasteiger partial charge in [0.25, 0.3) is 0 Å². The molecule has 3 aliphatic heterocycles. The third kappa shape index (κ3) is 4.24. The number of carbonyl (C=O) groups excluding carboxylic acids is 3. The van der Waals surface area contributed by atoms with Gasteiger partial charge in [0.05, 0.1) is 16.6 Å². The molecule has 0 saturated carbocycles. The Labute approximate surface area is 206 Å². The predicted molar refractivity (Wildman–Crippen MR) is 133 cm³/mol. The third-order valence-corrected chi connectivity index (χ3v) is 9.85. The molecule has 4 rings (SSSR count). The lowest BCUT2D eigenvalue weighted by Gasteiger charge is -2.39. The molecule has 3 amide bonds. The van der Waals surface area contributed by atoms with E-state index in [0.29, 0.717) is 19.5 Å². The molecule has 7 nitrogen and oxygen atoms in total. The molecular formula is C26H37N3O4S. The standard InChI is InChI=1S/C26H37N3O4S/c1-4-9-17(3)28-24(32)22-26-16(2)14-19(34-26)20(21(26)25(33)29(22)12-8-13-30)23(31)27-15-18-10-6-5-7-11-18/h5-7,10-11,16-17,19-22,30H,4,8-9,12-15H2,1-3H3,(H,27,31)(H,28,32)/t16?,17?,19-,20+,21+,22?,26?/m1/s1. The van der Waals surface area contributed by atoms with Gasteiger partial charge < -0.3 is 20.6 Å². The fourth-order valence-corrected chi connectivity index (χ4v) is 8.75. The smallest absolute Gasteiger partial charge is 0.244 e. The van der Waals surface area contributed by atoms with Gasteiger partial charge in [0, 0.05) is 31.0 Å². The van der Waals surface area contributed by atoms with Crippen molar-refractivity contribution in [3.8, 4) is 0 Å². The van der Waals surface area contributed by atoms with Crippen molar-refractivity contribution in [2.24, 2.45) is 17.8 Å². The first-order valence-electron chi connectivity index (χ1n) is 12.6. The largest absolute Gasteiger partial charge is 0.396 e. The van der Waals surface area contributed by atoms with E-state index in [0.717, 1.165) is 24.8 Å². The molecule has 0 aromatic heterocycles. The van der Waals surface area contributed by atoms with E-state index in [1.54, 1.807) is 16.7 Å². The van der Waals surface area contributed by atoms with Gasteiger partial charge >= 0.3 is 0 Å². The van der Waals surface area contributed by atoms with E-state index in [1.165, 1.54) is 0 Å². The monoisotopic (exact) mass is 487 g/mol. The highest BCUT2D eigenvalue weighted by atomic mass is 32.2. The normalized spacial score (nSPS) is 32.5. The van der Waals surface area contributed by atoms with Crippen molar-refractivity contribution >= 4 is 29.5 Å². The van der Waals surface area contributed by atoms with Gasteiger partial charge in [0.1, 0.15) is 6.04 Å². The van der Waals surface area contributed by atoms with Crippen LogP contribution in [0.15, 0.2) is 30.3 Å². The van der Waals surface area contributed by atoms with E-state index < -0.39 is 22.6 Å². The van der Waals surface area contributed by atoms with Crippen LogP contribution in [0, 0.1) is 17.8 Å². The first-order valence-corrected chi connectivity index (χ1v) is 13.4. The van der Waals surface area contributed by atoms with Crippen LogP contribution in [0.4, 0.5) is 0 Å². The SMILES string of the molecule is CCCC(C)NC(=O)C1N(CCCO)C(=O)[C@@H]2[C@@H](C(=O)NCc3ccccc3)[C@H]3CC(C)C12S3. The lowest BCUT2D eigenvalue weighted by atomic mass is 9.66. The highest BCUT2D eigenvalue weighted by molar-refractivity contribution is 8.02. The molecule has 1 aromatic carbocycles. The van der Waals surface area contributed by atoms with E-state index in [9.17, 15) is 19.5 Å². The van der Waals surface area contributed by atoms with Crippen LogP contribution >= 0.6 is 11.8 Å². The van der Waals surface area contributed by atoms with Crippen molar-refractivity contribution in [2.45, 2.75) is 75.1 Å². The Morgan fingerprint density at radius 1 is 1.26 bits per heavy atom. The summed E-state index contributed by atoms with van der Waals surface area (Å²) in [4.78, 5) is 42.5. The quantitative estimate of drug-likeness (QED) is 0.471. The number of thioether (sulfide) groups is 1. The number of amides is 3. The molecule has 3 aliphatic rings. The molecule has 186 valence electrons. The van der Waals surface area contributed by atoms with E-state index in [4.69, 9.17) is 0 Å². The number of fused-ring (bicyclic) bond motifs is 1. The van der Waals surface area contributed by atoms with Crippen molar-refractivity contribution in [1.82, 2.24) is 15.5 Å². The molecule has 2 bridgehead atoms. The molecule has 1 spiro atoms. The zero-order chi connectivity index (χ0) is 24.5. The van der Waals surface area contributed by atoms with Crippen LogP contribution in [-0.4, -0.2) is 63.0 Å². The summed E-state index contributed by atoms with van der Waals surface area (Å²) in [5.74, 6) is -1.15. The number of rotatable bonds is 10. The Morgan fingerprint density at radius 2 is 2.00 bits per heavy atom.